The van der Waals surface area contributed by atoms with Crippen molar-refractivity contribution in [1.82, 2.24) is 5.32 Å². The van der Waals surface area contributed by atoms with Crippen molar-refractivity contribution < 1.29 is 9.53 Å². The van der Waals surface area contributed by atoms with Gasteiger partial charge < -0.3 is 15.8 Å². The van der Waals surface area contributed by atoms with Crippen molar-refractivity contribution >= 4 is 21.8 Å². The topological polar surface area (TPSA) is 64.3 Å². The van der Waals surface area contributed by atoms with E-state index in [1.807, 2.05) is 19.1 Å². The maximum absolute atomic E-state index is 11.4. The van der Waals surface area contributed by atoms with Gasteiger partial charge in [0, 0.05) is 16.1 Å². The number of rotatable bonds is 5. The number of benzene rings is 1. The van der Waals surface area contributed by atoms with E-state index in [2.05, 4.69) is 27.2 Å². The van der Waals surface area contributed by atoms with Gasteiger partial charge in [0.25, 0.3) is 5.91 Å². The molecule has 0 saturated heterocycles. The summed E-state index contributed by atoms with van der Waals surface area (Å²) in [5, 5.41) is 2.52. The van der Waals surface area contributed by atoms with E-state index in [1.165, 1.54) is 0 Å². The van der Waals surface area contributed by atoms with Crippen molar-refractivity contribution in [2.24, 2.45) is 5.73 Å². The quantitative estimate of drug-likeness (QED) is 0.812. The highest BCUT2D eigenvalue weighted by atomic mass is 79.9. The second-order valence-corrected chi connectivity index (χ2v) is 4.66. The van der Waals surface area contributed by atoms with Crippen molar-refractivity contribution in [3.8, 4) is 18.1 Å². The lowest BCUT2D eigenvalue weighted by molar-refractivity contribution is -0.122. The van der Waals surface area contributed by atoms with E-state index in [1.54, 1.807) is 6.07 Å². The molecule has 0 aromatic heterocycles. The Morgan fingerprint density at radius 2 is 2.39 bits per heavy atom. The van der Waals surface area contributed by atoms with Crippen molar-refractivity contribution in [2.75, 3.05) is 13.2 Å². The summed E-state index contributed by atoms with van der Waals surface area (Å²) in [5.41, 5.74) is 6.68. The molecule has 1 aromatic rings. The van der Waals surface area contributed by atoms with E-state index < -0.39 is 0 Å². The number of nitrogens with two attached hydrogens (primary N) is 1. The van der Waals surface area contributed by atoms with Crippen LogP contribution in [-0.2, 0) is 4.79 Å². The van der Waals surface area contributed by atoms with Crippen LogP contribution >= 0.6 is 15.9 Å². The molecule has 1 unspecified atom stereocenters. The third kappa shape index (κ3) is 4.40. The number of ether oxygens (including phenoxy) is 1. The number of hydrogen-bond acceptors (Lipinski definition) is 3. The molecule has 18 heavy (non-hydrogen) atoms. The lowest BCUT2D eigenvalue weighted by atomic mass is 10.1. The predicted molar refractivity (Wildman–Crippen MR) is 74.1 cm³/mol. The van der Waals surface area contributed by atoms with Gasteiger partial charge in [-0.2, -0.15) is 0 Å². The summed E-state index contributed by atoms with van der Waals surface area (Å²) < 4.78 is 6.35. The third-order valence-electron chi connectivity index (χ3n) is 2.21. The minimum absolute atomic E-state index is 0.0803. The SMILES string of the molecule is C#CCNC(=O)COc1ccc(Br)cc1C(C)N. The summed E-state index contributed by atoms with van der Waals surface area (Å²) in [6.07, 6.45) is 5.04. The molecule has 0 aliphatic carbocycles. The first-order valence-electron chi connectivity index (χ1n) is 5.42. The number of nitrogens with one attached hydrogen (secondary N) is 1. The van der Waals surface area contributed by atoms with Crippen LogP contribution in [0, 0.1) is 12.3 Å². The molecule has 1 aromatic carbocycles. The molecule has 96 valence electrons. The van der Waals surface area contributed by atoms with E-state index in [0.29, 0.717) is 5.75 Å². The van der Waals surface area contributed by atoms with Crippen LogP contribution in [0.5, 0.6) is 5.75 Å². The van der Waals surface area contributed by atoms with Gasteiger partial charge in [-0.25, -0.2) is 0 Å². The number of terminal acetylenes is 1. The Balaban J connectivity index is 2.67. The lowest BCUT2D eigenvalue weighted by Crippen LogP contribution is -2.29. The first-order valence-corrected chi connectivity index (χ1v) is 6.22. The summed E-state index contributed by atoms with van der Waals surface area (Å²) in [5.74, 6) is 2.66. The van der Waals surface area contributed by atoms with E-state index in [0.717, 1.165) is 10.0 Å². The Morgan fingerprint density at radius 1 is 1.67 bits per heavy atom. The molecule has 3 N–H and O–H groups in total. The Kier molecular flexibility index (Phi) is 5.69. The summed E-state index contributed by atoms with van der Waals surface area (Å²) >= 11 is 3.37. The minimum atomic E-state index is -0.258. The van der Waals surface area contributed by atoms with E-state index in [4.69, 9.17) is 16.9 Å². The fourth-order valence-corrected chi connectivity index (χ4v) is 1.73. The molecule has 0 aliphatic heterocycles. The highest BCUT2D eigenvalue weighted by molar-refractivity contribution is 9.10. The summed E-state index contributed by atoms with van der Waals surface area (Å²) in [6.45, 7) is 1.97. The van der Waals surface area contributed by atoms with Crippen molar-refractivity contribution in [3.05, 3.63) is 28.2 Å². The maximum atomic E-state index is 11.4. The molecular weight excluding hydrogens is 296 g/mol. The molecule has 5 heteroatoms. The first-order chi connectivity index (χ1) is 8.54. The maximum Gasteiger partial charge on any atom is 0.258 e. The third-order valence-corrected chi connectivity index (χ3v) is 2.70. The van der Waals surface area contributed by atoms with E-state index in [9.17, 15) is 4.79 Å². The zero-order valence-corrected chi connectivity index (χ0v) is 11.7. The molecule has 4 nitrogen and oxygen atoms in total. The Bertz CT molecular complexity index is 467. The van der Waals surface area contributed by atoms with Crippen LogP contribution in [0.2, 0.25) is 0 Å². The van der Waals surface area contributed by atoms with Crippen molar-refractivity contribution in [3.63, 3.8) is 0 Å². The zero-order chi connectivity index (χ0) is 13.5. The van der Waals surface area contributed by atoms with Crippen LogP contribution < -0.4 is 15.8 Å². The first kappa shape index (κ1) is 14.6. The van der Waals surface area contributed by atoms with Gasteiger partial charge in [-0.05, 0) is 25.1 Å². The highest BCUT2D eigenvalue weighted by Gasteiger charge is 2.10. The molecule has 0 aliphatic rings. The fraction of sp³-hybridized carbons (Fsp3) is 0.308. The average Bonchev–Trinajstić information content (AvgIpc) is 2.34. The van der Waals surface area contributed by atoms with Crippen LogP contribution in [0.3, 0.4) is 0 Å². The number of carbonyl (C=O) groups is 1. The molecule has 0 heterocycles. The number of amides is 1. The Morgan fingerprint density at radius 3 is 3.00 bits per heavy atom. The van der Waals surface area contributed by atoms with Crippen LogP contribution in [-0.4, -0.2) is 19.1 Å². The molecule has 1 amide bonds. The zero-order valence-electron chi connectivity index (χ0n) is 10.1. The molecule has 1 rings (SSSR count). The Hall–Kier alpha value is -1.51. The van der Waals surface area contributed by atoms with Gasteiger partial charge in [0.05, 0.1) is 6.54 Å². The predicted octanol–water partition coefficient (Wildman–Crippen LogP) is 1.60. The summed E-state index contributed by atoms with van der Waals surface area (Å²) in [4.78, 5) is 11.4. The molecule has 0 bridgehead atoms. The lowest BCUT2D eigenvalue weighted by Gasteiger charge is -2.14. The van der Waals surface area contributed by atoms with Gasteiger partial charge in [-0.1, -0.05) is 21.9 Å². The van der Waals surface area contributed by atoms with Gasteiger partial charge >= 0.3 is 0 Å². The van der Waals surface area contributed by atoms with E-state index >= 15 is 0 Å². The van der Waals surface area contributed by atoms with Gasteiger partial charge in [-0.3, -0.25) is 4.79 Å². The van der Waals surface area contributed by atoms with Crippen LogP contribution in [0.4, 0.5) is 0 Å². The number of carbonyl (C=O) groups excluding carboxylic acids is 1. The second-order valence-electron chi connectivity index (χ2n) is 3.74. The van der Waals surface area contributed by atoms with Crippen molar-refractivity contribution in [2.45, 2.75) is 13.0 Å². The van der Waals surface area contributed by atoms with Gasteiger partial charge in [0.1, 0.15) is 5.75 Å². The molecule has 0 fully saturated rings. The summed E-state index contributed by atoms with van der Waals surface area (Å²) in [7, 11) is 0. The fourth-order valence-electron chi connectivity index (χ4n) is 1.35. The van der Waals surface area contributed by atoms with Crippen LogP contribution in [0.1, 0.15) is 18.5 Å². The second kappa shape index (κ2) is 7.04. The van der Waals surface area contributed by atoms with Crippen molar-refractivity contribution in [1.29, 1.82) is 0 Å². The van der Waals surface area contributed by atoms with Gasteiger partial charge in [-0.15, -0.1) is 6.42 Å². The van der Waals surface area contributed by atoms with Gasteiger partial charge in [0.15, 0.2) is 6.61 Å². The largest absolute Gasteiger partial charge is 0.483 e. The highest BCUT2D eigenvalue weighted by Crippen LogP contribution is 2.27. The van der Waals surface area contributed by atoms with Crippen LogP contribution in [0.25, 0.3) is 0 Å². The summed E-state index contributed by atoms with van der Waals surface area (Å²) in [6, 6.07) is 5.31. The Labute approximate surface area is 115 Å². The molecule has 0 radical (unpaired) electrons. The smallest absolute Gasteiger partial charge is 0.258 e. The normalized spacial score (nSPS) is 11.4. The number of halogens is 1. The van der Waals surface area contributed by atoms with Gasteiger partial charge in [0.2, 0.25) is 0 Å². The molecule has 1 atom stereocenters. The van der Waals surface area contributed by atoms with Crippen LogP contribution in [0.15, 0.2) is 22.7 Å². The molecule has 0 spiro atoms. The monoisotopic (exact) mass is 310 g/mol. The molecule has 0 saturated carbocycles. The minimum Gasteiger partial charge on any atom is -0.483 e. The average molecular weight is 311 g/mol. The van der Waals surface area contributed by atoms with E-state index in [-0.39, 0.29) is 25.1 Å². The standard InChI is InChI=1S/C13H15BrN2O2/c1-3-6-16-13(17)8-18-12-5-4-10(14)7-11(12)9(2)15/h1,4-5,7,9H,6,8,15H2,2H3,(H,16,17). The number of hydrogen-bond donors (Lipinski definition) is 2. The molecular formula is C13H15BrN2O2.